The largest absolute Gasteiger partial charge is 0.409 e. The molecule has 110 valence electrons. The van der Waals surface area contributed by atoms with Gasteiger partial charge >= 0.3 is 0 Å². The van der Waals surface area contributed by atoms with E-state index < -0.39 is 0 Å². The van der Waals surface area contributed by atoms with E-state index in [1.165, 1.54) is 12.8 Å². The van der Waals surface area contributed by atoms with E-state index in [0.717, 1.165) is 29.2 Å². The second kappa shape index (κ2) is 5.95. The smallest absolute Gasteiger partial charge is 0.173 e. The number of rotatable bonds is 3. The Hall–Kier alpha value is -1.36. The summed E-state index contributed by atoms with van der Waals surface area (Å²) in [7, 11) is 0. The van der Waals surface area contributed by atoms with Gasteiger partial charge in [-0.3, -0.25) is 0 Å². The molecule has 1 aliphatic heterocycles. The Morgan fingerprint density at radius 1 is 1.45 bits per heavy atom. The van der Waals surface area contributed by atoms with Crippen LogP contribution in [0.15, 0.2) is 28.3 Å². The molecule has 4 nitrogen and oxygen atoms in total. The Kier molecular flexibility index (Phi) is 4.48. The number of nitrogens with two attached hydrogens (primary N) is 1. The minimum Gasteiger partial charge on any atom is -0.409 e. The Balaban J connectivity index is 2.45. The van der Waals surface area contributed by atoms with Gasteiger partial charge in [0.1, 0.15) is 0 Å². The molecule has 0 radical (unpaired) electrons. The lowest BCUT2D eigenvalue weighted by Crippen LogP contribution is -2.41. The lowest BCUT2D eigenvalue weighted by molar-refractivity contribution is 0.293. The molecule has 1 saturated heterocycles. The predicted molar refractivity (Wildman–Crippen MR) is 86.0 cm³/mol. The maximum absolute atomic E-state index is 9.07. The number of thioether (sulfide) groups is 1. The topological polar surface area (TPSA) is 61.8 Å². The van der Waals surface area contributed by atoms with Gasteiger partial charge in [0.2, 0.25) is 0 Å². The number of nitrogens with zero attached hydrogens (tertiary/aromatic N) is 2. The van der Waals surface area contributed by atoms with E-state index in [2.05, 4.69) is 30.0 Å². The van der Waals surface area contributed by atoms with Gasteiger partial charge in [0, 0.05) is 23.7 Å². The van der Waals surface area contributed by atoms with Gasteiger partial charge in [-0.2, -0.15) is 0 Å². The van der Waals surface area contributed by atoms with Crippen LogP contribution in [0.4, 0.5) is 5.69 Å². The highest BCUT2D eigenvalue weighted by Crippen LogP contribution is 2.35. The van der Waals surface area contributed by atoms with Crippen molar-refractivity contribution in [3.8, 4) is 0 Å². The van der Waals surface area contributed by atoms with Gasteiger partial charge in [-0.1, -0.05) is 25.1 Å². The van der Waals surface area contributed by atoms with Gasteiger partial charge in [-0.15, -0.1) is 11.8 Å². The van der Waals surface area contributed by atoms with Gasteiger partial charge in [0.25, 0.3) is 0 Å². The van der Waals surface area contributed by atoms with Crippen LogP contribution in [-0.2, 0) is 0 Å². The number of piperidine rings is 1. The third-order valence-corrected chi connectivity index (χ3v) is 4.61. The predicted octanol–water partition coefficient (Wildman–Crippen LogP) is 3.13. The van der Waals surface area contributed by atoms with Crippen LogP contribution in [0.25, 0.3) is 0 Å². The number of amidine groups is 1. The number of hydrogen-bond acceptors (Lipinski definition) is 4. The molecule has 1 heterocycles. The van der Waals surface area contributed by atoms with Crippen LogP contribution in [0.3, 0.4) is 0 Å². The Morgan fingerprint density at radius 3 is 2.80 bits per heavy atom. The Morgan fingerprint density at radius 2 is 2.20 bits per heavy atom. The van der Waals surface area contributed by atoms with Crippen molar-refractivity contribution in [3.05, 3.63) is 23.8 Å². The van der Waals surface area contributed by atoms with Crippen molar-refractivity contribution < 1.29 is 5.21 Å². The van der Waals surface area contributed by atoms with Crippen molar-refractivity contribution in [2.24, 2.45) is 16.3 Å². The van der Waals surface area contributed by atoms with Crippen LogP contribution in [0, 0.1) is 5.41 Å². The lowest BCUT2D eigenvalue weighted by atomic mass is 9.84. The maximum Gasteiger partial charge on any atom is 0.173 e. The SMILES string of the molecule is CSc1cccc(N2CCCC(C)(C)C2)c1/C(N)=N/O. The zero-order valence-corrected chi connectivity index (χ0v) is 13.2. The molecule has 1 aliphatic rings. The second-order valence-electron chi connectivity index (χ2n) is 6.03. The summed E-state index contributed by atoms with van der Waals surface area (Å²) >= 11 is 1.62. The molecule has 0 atom stereocenters. The summed E-state index contributed by atoms with van der Waals surface area (Å²) in [5.74, 6) is 0.188. The van der Waals surface area contributed by atoms with Crippen LogP contribution in [0.2, 0.25) is 0 Å². The van der Waals surface area contributed by atoms with Crippen LogP contribution in [0.1, 0.15) is 32.3 Å². The molecule has 0 bridgehead atoms. The minimum atomic E-state index is 0.188. The highest BCUT2D eigenvalue weighted by atomic mass is 32.2. The van der Waals surface area contributed by atoms with Gasteiger partial charge in [-0.25, -0.2) is 0 Å². The van der Waals surface area contributed by atoms with E-state index in [0.29, 0.717) is 5.41 Å². The number of benzene rings is 1. The monoisotopic (exact) mass is 293 g/mol. The van der Waals surface area contributed by atoms with Crippen molar-refractivity contribution in [3.63, 3.8) is 0 Å². The van der Waals surface area contributed by atoms with Crippen LogP contribution in [0.5, 0.6) is 0 Å². The molecule has 0 unspecified atom stereocenters. The van der Waals surface area contributed by atoms with E-state index in [-0.39, 0.29) is 5.84 Å². The Labute approximate surface area is 125 Å². The zero-order chi connectivity index (χ0) is 14.8. The number of anilines is 1. The maximum atomic E-state index is 9.07. The molecule has 0 amide bonds. The van der Waals surface area contributed by atoms with Crippen molar-refractivity contribution in [1.29, 1.82) is 0 Å². The van der Waals surface area contributed by atoms with Gasteiger partial charge in [0.15, 0.2) is 5.84 Å². The minimum absolute atomic E-state index is 0.188. The molecule has 5 heteroatoms. The van der Waals surface area contributed by atoms with E-state index in [1.54, 1.807) is 11.8 Å². The molecule has 0 aliphatic carbocycles. The molecule has 1 aromatic rings. The van der Waals surface area contributed by atoms with Crippen LogP contribution in [-0.4, -0.2) is 30.4 Å². The normalized spacial score (nSPS) is 19.1. The van der Waals surface area contributed by atoms with E-state index in [9.17, 15) is 0 Å². The van der Waals surface area contributed by atoms with E-state index in [4.69, 9.17) is 10.9 Å². The summed E-state index contributed by atoms with van der Waals surface area (Å²) < 4.78 is 0. The molecule has 1 aromatic carbocycles. The quantitative estimate of drug-likeness (QED) is 0.295. The molecular formula is C15H23N3OS. The van der Waals surface area contributed by atoms with Crippen LogP contribution < -0.4 is 10.6 Å². The number of oxime groups is 1. The fraction of sp³-hybridized carbons (Fsp3) is 0.533. The molecular weight excluding hydrogens is 270 g/mol. The second-order valence-corrected chi connectivity index (χ2v) is 6.88. The first-order valence-electron chi connectivity index (χ1n) is 6.88. The van der Waals surface area contributed by atoms with Gasteiger partial charge < -0.3 is 15.8 Å². The first-order valence-corrected chi connectivity index (χ1v) is 8.11. The third kappa shape index (κ3) is 3.03. The molecule has 3 N–H and O–H groups in total. The molecule has 20 heavy (non-hydrogen) atoms. The van der Waals surface area contributed by atoms with Crippen molar-refractivity contribution in [1.82, 2.24) is 0 Å². The van der Waals surface area contributed by atoms with E-state index >= 15 is 0 Å². The summed E-state index contributed by atoms with van der Waals surface area (Å²) in [6.07, 6.45) is 4.42. The summed E-state index contributed by atoms with van der Waals surface area (Å²) in [6, 6.07) is 6.11. The van der Waals surface area contributed by atoms with Crippen LogP contribution >= 0.6 is 11.8 Å². The summed E-state index contributed by atoms with van der Waals surface area (Å²) in [4.78, 5) is 3.40. The van der Waals surface area contributed by atoms with Gasteiger partial charge in [-0.05, 0) is 36.6 Å². The first-order chi connectivity index (χ1) is 9.48. The molecule has 2 rings (SSSR count). The van der Waals surface area contributed by atoms with Crippen molar-refractivity contribution in [2.75, 3.05) is 24.2 Å². The average molecular weight is 293 g/mol. The lowest BCUT2D eigenvalue weighted by Gasteiger charge is -2.40. The fourth-order valence-electron chi connectivity index (χ4n) is 2.89. The first kappa shape index (κ1) is 15.0. The molecule has 0 aromatic heterocycles. The van der Waals surface area contributed by atoms with Crippen molar-refractivity contribution in [2.45, 2.75) is 31.6 Å². The highest BCUT2D eigenvalue weighted by molar-refractivity contribution is 7.98. The number of hydrogen-bond donors (Lipinski definition) is 2. The average Bonchev–Trinajstić information content (AvgIpc) is 2.44. The zero-order valence-electron chi connectivity index (χ0n) is 12.4. The molecule has 0 saturated carbocycles. The Bertz CT molecular complexity index is 514. The third-order valence-electron chi connectivity index (χ3n) is 3.83. The fourth-order valence-corrected chi connectivity index (χ4v) is 3.52. The van der Waals surface area contributed by atoms with E-state index in [1.807, 2.05) is 18.4 Å². The van der Waals surface area contributed by atoms with Gasteiger partial charge in [0.05, 0.1) is 5.56 Å². The van der Waals surface area contributed by atoms with Crippen molar-refractivity contribution >= 4 is 23.3 Å². The highest BCUT2D eigenvalue weighted by Gasteiger charge is 2.28. The summed E-state index contributed by atoms with van der Waals surface area (Å²) in [5.41, 5.74) is 8.12. The summed E-state index contributed by atoms with van der Waals surface area (Å²) in [5, 5.41) is 12.3. The summed E-state index contributed by atoms with van der Waals surface area (Å²) in [6.45, 7) is 6.60. The standard InChI is InChI=1S/C15H23N3OS/c1-15(2)8-5-9-18(10-15)11-6-4-7-12(20-3)13(11)14(16)17-19/h4,6-7,19H,5,8-10H2,1-3H3,(H2,16,17). The molecule has 0 spiro atoms. The molecule has 1 fully saturated rings.